The maximum Gasteiger partial charge on any atom is 0.254 e. The molecule has 1 aromatic heterocycles. The SMILES string of the molecule is CS(=O)(=O)NCc1cc(C(=O)N2CCCC2CO)ccn1. The number of nitrogens with zero attached hydrogens (tertiary/aromatic N) is 2. The monoisotopic (exact) mass is 313 g/mol. The average Bonchev–Trinajstić information content (AvgIpc) is 2.92. The number of amides is 1. The van der Waals surface area contributed by atoms with Crippen molar-refractivity contribution in [1.29, 1.82) is 0 Å². The summed E-state index contributed by atoms with van der Waals surface area (Å²) in [7, 11) is -3.30. The van der Waals surface area contributed by atoms with Crippen LogP contribution in [0, 0.1) is 0 Å². The minimum Gasteiger partial charge on any atom is -0.394 e. The van der Waals surface area contributed by atoms with Gasteiger partial charge in [0.25, 0.3) is 5.91 Å². The van der Waals surface area contributed by atoms with Gasteiger partial charge < -0.3 is 10.0 Å². The third kappa shape index (κ3) is 4.23. The van der Waals surface area contributed by atoms with Gasteiger partial charge in [0, 0.05) is 18.3 Å². The highest BCUT2D eigenvalue weighted by atomic mass is 32.2. The zero-order valence-electron chi connectivity index (χ0n) is 11.8. The Morgan fingerprint density at radius 3 is 3.00 bits per heavy atom. The first-order valence-corrected chi connectivity index (χ1v) is 8.61. The van der Waals surface area contributed by atoms with Gasteiger partial charge in [-0.3, -0.25) is 9.78 Å². The maximum atomic E-state index is 12.4. The van der Waals surface area contributed by atoms with Crippen LogP contribution < -0.4 is 4.72 Å². The second-order valence-electron chi connectivity index (χ2n) is 5.11. The molecule has 2 N–H and O–H groups in total. The molecule has 1 saturated heterocycles. The molecule has 1 unspecified atom stereocenters. The number of aromatic nitrogens is 1. The molecule has 116 valence electrons. The summed E-state index contributed by atoms with van der Waals surface area (Å²) in [6.45, 7) is 0.631. The van der Waals surface area contributed by atoms with Crippen molar-refractivity contribution in [3.63, 3.8) is 0 Å². The van der Waals surface area contributed by atoms with Crippen LogP contribution in [0.3, 0.4) is 0 Å². The highest BCUT2D eigenvalue weighted by Gasteiger charge is 2.28. The van der Waals surface area contributed by atoms with Gasteiger partial charge in [-0.15, -0.1) is 0 Å². The Balaban J connectivity index is 2.11. The molecule has 0 aliphatic carbocycles. The van der Waals surface area contributed by atoms with Crippen LogP contribution in [-0.2, 0) is 16.6 Å². The van der Waals surface area contributed by atoms with Crippen LogP contribution in [0.1, 0.15) is 28.9 Å². The Labute approximate surface area is 124 Å². The summed E-state index contributed by atoms with van der Waals surface area (Å²) in [4.78, 5) is 18.1. The molecule has 0 bridgehead atoms. The molecule has 1 amide bonds. The fourth-order valence-electron chi connectivity index (χ4n) is 2.37. The van der Waals surface area contributed by atoms with Gasteiger partial charge in [0.1, 0.15) is 0 Å². The van der Waals surface area contributed by atoms with Gasteiger partial charge in [0.15, 0.2) is 0 Å². The minimum absolute atomic E-state index is 0.0423. The smallest absolute Gasteiger partial charge is 0.254 e. The molecule has 2 rings (SSSR count). The molecule has 1 fully saturated rings. The molecule has 21 heavy (non-hydrogen) atoms. The van der Waals surface area contributed by atoms with Gasteiger partial charge in [-0.2, -0.15) is 0 Å². The third-order valence-corrected chi connectivity index (χ3v) is 4.10. The Morgan fingerprint density at radius 1 is 1.57 bits per heavy atom. The molecule has 0 aromatic carbocycles. The second-order valence-corrected chi connectivity index (χ2v) is 6.94. The van der Waals surface area contributed by atoms with Gasteiger partial charge in [0.2, 0.25) is 10.0 Å². The number of sulfonamides is 1. The van der Waals surface area contributed by atoms with Crippen LogP contribution in [0.4, 0.5) is 0 Å². The van der Waals surface area contributed by atoms with E-state index in [2.05, 4.69) is 9.71 Å². The van der Waals surface area contributed by atoms with Crippen molar-refractivity contribution in [3.05, 3.63) is 29.6 Å². The fourth-order valence-corrected chi connectivity index (χ4v) is 2.78. The molecular weight excluding hydrogens is 294 g/mol. The van der Waals surface area contributed by atoms with Gasteiger partial charge in [0.05, 0.1) is 31.1 Å². The van der Waals surface area contributed by atoms with Gasteiger partial charge in [-0.05, 0) is 25.0 Å². The summed E-state index contributed by atoms with van der Waals surface area (Å²) in [5.74, 6) is -0.158. The number of aliphatic hydroxyl groups is 1. The van der Waals surface area contributed by atoms with Crippen LogP contribution in [0.25, 0.3) is 0 Å². The summed E-state index contributed by atoms with van der Waals surface area (Å²) in [5, 5.41) is 9.28. The summed E-state index contributed by atoms with van der Waals surface area (Å²) >= 11 is 0. The molecule has 2 heterocycles. The lowest BCUT2D eigenvalue weighted by Crippen LogP contribution is -2.37. The van der Waals surface area contributed by atoms with Crippen molar-refractivity contribution in [2.24, 2.45) is 0 Å². The standard InChI is InChI=1S/C13H19N3O4S/c1-21(19,20)15-8-11-7-10(4-5-14-11)13(18)16-6-2-3-12(16)9-17/h4-5,7,12,15,17H,2-3,6,8-9H2,1H3. The van der Waals surface area contributed by atoms with E-state index in [9.17, 15) is 18.3 Å². The molecule has 1 aliphatic rings. The van der Waals surface area contributed by atoms with E-state index < -0.39 is 10.0 Å². The van der Waals surface area contributed by atoms with E-state index in [1.807, 2.05) is 0 Å². The molecular formula is C13H19N3O4S. The van der Waals surface area contributed by atoms with Crippen LogP contribution in [0.15, 0.2) is 18.3 Å². The van der Waals surface area contributed by atoms with Crippen molar-refractivity contribution in [3.8, 4) is 0 Å². The first-order chi connectivity index (χ1) is 9.90. The lowest BCUT2D eigenvalue weighted by Gasteiger charge is -2.23. The lowest BCUT2D eigenvalue weighted by atomic mass is 10.2. The predicted octanol–water partition coefficient (Wildman–Crippen LogP) is -0.272. The summed E-state index contributed by atoms with van der Waals surface area (Å²) in [5.41, 5.74) is 0.932. The maximum absolute atomic E-state index is 12.4. The van der Waals surface area contributed by atoms with Crippen LogP contribution >= 0.6 is 0 Å². The number of rotatable bonds is 5. The van der Waals surface area contributed by atoms with E-state index in [1.54, 1.807) is 17.0 Å². The molecule has 0 saturated carbocycles. The Morgan fingerprint density at radius 2 is 2.33 bits per heavy atom. The van der Waals surface area contributed by atoms with Crippen molar-refractivity contribution >= 4 is 15.9 Å². The summed E-state index contributed by atoms with van der Waals surface area (Å²) in [6, 6.07) is 3.04. The first-order valence-electron chi connectivity index (χ1n) is 6.72. The number of carbonyl (C=O) groups is 1. The van der Waals surface area contributed by atoms with Crippen molar-refractivity contribution in [1.82, 2.24) is 14.6 Å². The topological polar surface area (TPSA) is 99.6 Å². The number of aliphatic hydroxyl groups excluding tert-OH is 1. The highest BCUT2D eigenvalue weighted by molar-refractivity contribution is 7.88. The molecule has 1 aromatic rings. The molecule has 0 radical (unpaired) electrons. The van der Waals surface area contributed by atoms with E-state index in [1.165, 1.54) is 6.20 Å². The molecule has 0 spiro atoms. The summed E-state index contributed by atoms with van der Waals surface area (Å²) in [6.07, 6.45) is 4.23. The fraction of sp³-hybridized carbons (Fsp3) is 0.538. The second kappa shape index (κ2) is 6.50. The van der Waals surface area contributed by atoms with E-state index in [-0.39, 0.29) is 25.1 Å². The quantitative estimate of drug-likeness (QED) is 0.779. The van der Waals surface area contributed by atoms with E-state index >= 15 is 0 Å². The van der Waals surface area contributed by atoms with Crippen LogP contribution in [-0.4, -0.2) is 54.8 Å². The number of likely N-dealkylation sites (tertiary alicyclic amines) is 1. The number of nitrogens with one attached hydrogen (secondary N) is 1. The Kier molecular flexibility index (Phi) is 4.92. The number of pyridine rings is 1. The van der Waals surface area contributed by atoms with Gasteiger partial charge in [-0.25, -0.2) is 13.1 Å². The Hall–Kier alpha value is -1.51. The zero-order chi connectivity index (χ0) is 15.5. The Bertz CT molecular complexity index is 618. The lowest BCUT2D eigenvalue weighted by molar-refractivity contribution is 0.0677. The zero-order valence-corrected chi connectivity index (χ0v) is 12.6. The minimum atomic E-state index is -3.30. The summed E-state index contributed by atoms with van der Waals surface area (Å²) < 4.78 is 24.5. The molecule has 1 aliphatic heterocycles. The van der Waals surface area contributed by atoms with Crippen molar-refractivity contribution in [2.45, 2.75) is 25.4 Å². The number of hydrogen-bond donors (Lipinski definition) is 2. The molecule has 7 nitrogen and oxygen atoms in total. The highest BCUT2D eigenvalue weighted by Crippen LogP contribution is 2.19. The van der Waals surface area contributed by atoms with Gasteiger partial charge >= 0.3 is 0 Å². The van der Waals surface area contributed by atoms with Crippen molar-refractivity contribution in [2.75, 3.05) is 19.4 Å². The third-order valence-electron chi connectivity index (χ3n) is 3.43. The van der Waals surface area contributed by atoms with E-state index in [0.717, 1.165) is 19.1 Å². The number of hydrogen-bond acceptors (Lipinski definition) is 5. The van der Waals surface area contributed by atoms with E-state index in [4.69, 9.17) is 0 Å². The van der Waals surface area contributed by atoms with Crippen LogP contribution in [0.5, 0.6) is 0 Å². The molecule has 8 heteroatoms. The first kappa shape index (κ1) is 15.9. The van der Waals surface area contributed by atoms with Crippen LogP contribution in [0.2, 0.25) is 0 Å². The van der Waals surface area contributed by atoms with Crippen molar-refractivity contribution < 1.29 is 18.3 Å². The van der Waals surface area contributed by atoms with E-state index in [0.29, 0.717) is 17.8 Å². The predicted molar refractivity (Wildman–Crippen MR) is 77.1 cm³/mol. The van der Waals surface area contributed by atoms with Gasteiger partial charge in [-0.1, -0.05) is 0 Å². The average molecular weight is 313 g/mol. The normalized spacial score (nSPS) is 19.0. The molecule has 1 atom stereocenters. The number of carbonyl (C=O) groups excluding carboxylic acids is 1. The largest absolute Gasteiger partial charge is 0.394 e.